The molecule has 2 heterocycles. The van der Waals surface area contributed by atoms with Gasteiger partial charge in [-0.15, -0.1) is 0 Å². The van der Waals surface area contributed by atoms with E-state index < -0.39 is 10.0 Å². The summed E-state index contributed by atoms with van der Waals surface area (Å²) >= 11 is 0. The zero-order valence-corrected chi connectivity index (χ0v) is 20.7. The number of aromatic amines is 1. The van der Waals surface area contributed by atoms with Crippen LogP contribution in [0, 0.1) is 0 Å². The molecule has 0 bridgehead atoms. The van der Waals surface area contributed by atoms with Gasteiger partial charge in [0.15, 0.2) is 0 Å². The van der Waals surface area contributed by atoms with E-state index in [9.17, 15) is 13.2 Å². The summed E-state index contributed by atoms with van der Waals surface area (Å²) in [4.78, 5) is 16.2. The van der Waals surface area contributed by atoms with Gasteiger partial charge < -0.3 is 15.0 Å². The molecule has 3 aromatic rings. The summed E-state index contributed by atoms with van der Waals surface area (Å²) in [6.07, 6.45) is 6.45. The summed E-state index contributed by atoms with van der Waals surface area (Å²) in [5.41, 5.74) is 2.66. The number of benzene rings is 2. The molecule has 1 aliphatic heterocycles. The Morgan fingerprint density at radius 3 is 2.65 bits per heavy atom. The number of ether oxygens (including phenoxy) is 1. The van der Waals surface area contributed by atoms with E-state index in [1.807, 2.05) is 38.2 Å². The maximum Gasteiger partial charge on any atom is 0.243 e. The standard InChI is InChI=1S/C26H33N3O4S/c1-19(2)33-25-14-13-21(34(31,32)29-15-6-3-7-16-29)17-24(25)28-26(30)12-8-9-20-18-27-23-11-5-4-10-22(20)23/h4-5,10-11,13-14,17-19,27H,3,6-9,12,15-16H2,1-2H3,(H,28,30). The number of para-hydroxylation sites is 1. The molecule has 4 rings (SSSR count). The number of carbonyl (C=O) groups is 1. The first kappa shape index (κ1) is 24.3. The Balaban J connectivity index is 1.46. The number of anilines is 1. The molecule has 0 saturated carbocycles. The van der Waals surface area contributed by atoms with Gasteiger partial charge in [0, 0.05) is 36.6 Å². The highest BCUT2D eigenvalue weighted by Crippen LogP contribution is 2.31. The number of hydrogen-bond donors (Lipinski definition) is 2. The van der Waals surface area contributed by atoms with Crippen LogP contribution >= 0.6 is 0 Å². The van der Waals surface area contributed by atoms with Crippen LogP contribution in [0.2, 0.25) is 0 Å². The van der Waals surface area contributed by atoms with Crippen molar-refractivity contribution in [3.63, 3.8) is 0 Å². The number of rotatable bonds is 9. The number of piperidine rings is 1. The summed E-state index contributed by atoms with van der Waals surface area (Å²) < 4.78 is 33.7. The fraction of sp³-hybridized carbons (Fsp3) is 0.423. The largest absolute Gasteiger partial charge is 0.489 e. The van der Waals surface area contributed by atoms with Crippen molar-refractivity contribution in [2.24, 2.45) is 0 Å². The number of aromatic nitrogens is 1. The van der Waals surface area contributed by atoms with E-state index in [1.165, 1.54) is 21.3 Å². The molecule has 0 radical (unpaired) electrons. The van der Waals surface area contributed by atoms with E-state index in [0.717, 1.165) is 31.2 Å². The second-order valence-electron chi connectivity index (χ2n) is 9.05. The molecule has 1 amide bonds. The van der Waals surface area contributed by atoms with Gasteiger partial charge in [-0.1, -0.05) is 24.6 Å². The molecule has 2 N–H and O–H groups in total. The molecule has 0 atom stereocenters. The average molecular weight is 484 g/mol. The Kier molecular flexibility index (Phi) is 7.58. The second kappa shape index (κ2) is 10.6. The molecule has 0 aliphatic carbocycles. The van der Waals surface area contributed by atoms with E-state index in [0.29, 0.717) is 37.4 Å². The van der Waals surface area contributed by atoms with Crippen molar-refractivity contribution in [1.29, 1.82) is 0 Å². The van der Waals surface area contributed by atoms with Gasteiger partial charge in [0.2, 0.25) is 15.9 Å². The number of nitrogens with one attached hydrogen (secondary N) is 2. The van der Waals surface area contributed by atoms with Crippen molar-refractivity contribution in [1.82, 2.24) is 9.29 Å². The van der Waals surface area contributed by atoms with Crippen molar-refractivity contribution in [3.05, 3.63) is 54.2 Å². The number of carbonyl (C=O) groups excluding carboxylic acids is 1. The minimum atomic E-state index is -3.61. The summed E-state index contributed by atoms with van der Waals surface area (Å²) in [7, 11) is -3.61. The zero-order valence-electron chi connectivity index (χ0n) is 19.8. The van der Waals surface area contributed by atoms with Crippen LogP contribution < -0.4 is 10.1 Å². The van der Waals surface area contributed by atoms with Gasteiger partial charge in [0.25, 0.3) is 0 Å². The van der Waals surface area contributed by atoms with Crippen LogP contribution in [0.3, 0.4) is 0 Å². The lowest BCUT2D eigenvalue weighted by molar-refractivity contribution is -0.116. The predicted molar refractivity (Wildman–Crippen MR) is 135 cm³/mol. The van der Waals surface area contributed by atoms with Crippen LogP contribution in [-0.2, 0) is 21.2 Å². The van der Waals surface area contributed by atoms with Crippen LogP contribution in [0.4, 0.5) is 5.69 Å². The zero-order chi connectivity index (χ0) is 24.1. The second-order valence-corrected chi connectivity index (χ2v) is 11.0. The molecule has 8 heteroatoms. The highest BCUT2D eigenvalue weighted by atomic mass is 32.2. The third kappa shape index (κ3) is 5.62. The van der Waals surface area contributed by atoms with Crippen molar-refractivity contribution in [2.75, 3.05) is 18.4 Å². The molecule has 1 aromatic heterocycles. The topological polar surface area (TPSA) is 91.5 Å². The number of amides is 1. The maximum absolute atomic E-state index is 13.1. The highest BCUT2D eigenvalue weighted by molar-refractivity contribution is 7.89. The van der Waals surface area contributed by atoms with Crippen LogP contribution in [0.25, 0.3) is 10.9 Å². The number of hydrogen-bond acceptors (Lipinski definition) is 4. The van der Waals surface area contributed by atoms with Gasteiger partial charge in [-0.05, 0) is 69.4 Å². The van der Waals surface area contributed by atoms with Gasteiger partial charge >= 0.3 is 0 Å². The Bertz CT molecular complexity index is 1240. The smallest absolute Gasteiger partial charge is 0.243 e. The van der Waals surface area contributed by atoms with Crippen LogP contribution in [-0.4, -0.2) is 42.8 Å². The summed E-state index contributed by atoms with van der Waals surface area (Å²) in [6.45, 7) is 4.85. The molecule has 0 spiro atoms. The fourth-order valence-electron chi connectivity index (χ4n) is 4.37. The molecule has 1 aliphatic rings. The van der Waals surface area contributed by atoms with Crippen LogP contribution in [0.15, 0.2) is 53.6 Å². The minimum Gasteiger partial charge on any atom is -0.489 e. The van der Waals surface area contributed by atoms with Gasteiger partial charge in [0.05, 0.1) is 16.7 Å². The average Bonchev–Trinajstić information content (AvgIpc) is 3.23. The van der Waals surface area contributed by atoms with Crippen molar-refractivity contribution in [3.8, 4) is 5.75 Å². The van der Waals surface area contributed by atoms with E-state index in [2.05, 4.69) is 16.4 Å². The molecule has 2 aromatic carbocycles. The van der Waals surface area contributed by atoms with Gasteiger partial charge in [-0.2, -0.15) is 4.31 Å². The maximum atomic E-state index is 13.1. The normalized spacial score (nSPS) is 15.0. The van der Waals surface area contributed by atoms with E-state index in [4.69, 9.17) is 4.74 Å². The Morgan fingerprint density at radius 2 is 1.88 bits per heavy atom. The lowest BCUT2D eigenvalue weighted by Gasteiger charge is -2.26. The third-order valence-corrected chi connectivity index (χ3v) is 7.96. The van der Waals surface area contributed by atoms with E-state index in [1.54, 1.807) is 12.1 Å². The lowest BCUT2D eigenvalue weighted by Crippen LogP contribution is -2.35. The quantitative estimate of drug-likeness (QED) is 0.443. The molecular formula is C26H33N3O4S. The van der Waals surface area contributed by atoms with Crippen LogP contribution in [0.5, 0.6) is 5.75 Å². The molecule has 1 saturated heterocycles. The Hall–Kier alpha value is -2.84. The molecule has 182 valence electrons. The molecule has 1 fully saturated rings. The lowest BCUT2D eigenvalue weighted by atomic mass is 10.1. The van der Waals surface area contributed by atoms with Crippen LogP contribution in [0.1, 0.15) is 51.5 Å². The number of fused-ring (bicyclic) bond motifs is 1. The molecule has 7 nitrogen and oxygen atoms in total. The number of H-pyrrole nitrogens is 1. The fourth-order valence-corrected chi connectivity index (χ4v) is 5.91. The van der Waals surface area contributed by atoms with Gasteiger partial charge in [-0.25, -0.2) is 8.42 Å². The Labute approximate surface area is 201 Å². The monoisotopic (exact) mass is 483 g/mol. The third-order valence-electron chi connectivity index (χ3n) is 6.07. The van der Waals surface area contributed by atoms with Gasteiger partial charge in [0.1, 0.15) is 5.75 Å². The number of aryl methyl sites for hydroxylation is 1. The first-order valence-corrected chi connectivity index (χ1v) is 13.4. The SMILES string of the molecule is CC(C)Oc1ccc(S(=O)(=O)N2CCCCC2)cc1NC(=O)CCCc1c[nH]c2ccccc12. The summed E-state index contributed by atoms with van der Waals surface area (Å²) in [6, 6.07) is 12.8. The predicted octanol–water partition coefficient (Wildman–Crippen LogP) is 5.09. The minimum absolute atomic E-state index is 0.109. The van der Waals surface area contributed by atoms with Crippen molar-refractivity contribution >= 4 is 32.5 Å². The first-order valence-electron chi connectivity index (χ1n) is 12.0. The van der Waals surface area contributed by atoms with E-state index >= 15 is 0 Å². The molecule has 0 unspecified atom stereocenters. The van der Waals surface area contributed by atoms with Crippen molar-refractivity contribution < 1.29 is 17.9 Å². The number of nitrogens with zero attached hydrogens (tertiary/aromatic N) is 1. The van der Waals surface area contributed by atoms with Crippen molar-refractivity contribution in [2.45, 2.75) is 63.4 Å². The molecular weight excluding hydrogens is 450 g/mol. The summed E-state index contributed by atoms with van der Waals surface area (Å²) in [5.74, 6) is 0.304. The first-order chi connectivity index (χ1) is 16.3. The number of sulfonamides is 1. The van der Waals surface area contributed by atoms with E-state index in [-0.39, 0.29) is 16.9 Å². The van der Waals surface area contributed by atoms with Gasteiger partial charge in [-0.3, -0.25) is 4.79 Å². The highest BCUT2D eigenvalue weighted by Gasteiger charge is 2.27. The Morgan fingerprint density at radius 1 is 1.12 bits per heavy atom. The summed E-state index contributed by atoms with van der Waals surface area (Å²) in [5, 5.41) is 4.07. The molecule has 34 heavy (non-hydrogen) atoms.